The molecule has 0 saturated heterocycles. The second kappa shape index (κ2) is 6.16. The lowest BCUT2D eigenvalue weighted by Crippen LogP contribution is -2.06. The van der Waals surface area contributed by atoms with Gasteiger partial charge in [-0.3, -0.25) is 0 Å². The minimum atomic E-state index is -2.97. The van der Waals surface area contributed by atoms with E-state index >= 15 is 0 Å². The van der Waals surface area contributed by atoms with Crippen molar-refractivity contribution in [2.24, 2.45) is 7.05 Å². The molecule has 0 spiro atoms. The number of aryl methyl sites for hydroxylation is 1. The van der Waals surface area contributed by atoms with E-state index in [1.165, 1.54) is 7.05 Å². The summed E-state index contributed by atoms with van der Waals surface area (Å²) in [5.74, 6) is -0.185. The molecule has 1 aromatic heterocycles. The van der Waals surface area contributed by atoms with E-state index in [0.29, 0.717) is 21.3 Å². The molecular formula is C12H9Cl3F2N2O. The van der Waals surface area contributed by atoms with Gasteiger partial charge in [0.25, 0.3) is 0 Å². The van der Waals surface area contributed by atoms with Gasteiger partial charge in [0.2, 0.25) is 5.88 Å². The highest BCUT2D eigenvalue weighted by Crippen LogP contribution is 2.33. The lowest BCUT2D eigenvalue weighted by atomic mass is 10.1. The van der Waals surface area contributed by atoms with Crippen LogP contribution in [0.4, 0.5) is 8.78 Å². The van der Waals surface area contributed by atoms with Crippen molar-refractivity contribution in [3.63, 3.8) is 0 Å². The Bertz CT molecular complexity index is 631. The maximum absolute atomic E-state index is 12.3. The van der Waals surface area contributed by atoms with Crippen molar-refractivity contribution >= 4 is 34.8 Å². The monoisotopic (exact) mass is 340 g/mol. The number of benzene rings is 1. The molecule has 0 fully saturated rings. The van der Waals surface area contributed by atoms with E-state index in [9.17, 15) is 8.78 Å². The first-order valence-electron chi connectivity index (χ1n) is 5.49. The minimum Gasteiger partial charge on any atom is -0.416 e. The molecule has 0 amide bonds. The van der Waals surface area contributed by atoms with Crippen molar-refractivity contribution in [2.45, 2.75) is 13.0 Å². The molecular weight excluding hydrogens is 332 g/mol. The number of hydrogen-bond donors (Lipinski definition) is 0. The number of halogens is 5. The second-order valence-corrected chi connectivity index (χ2v) is 5.12. The van der Waals surface area contributed by atoms with Gasteiger partial charge in [-0.15, -0.1) is 0 Å². The first-order valence-corrected chi connectivity index (χ1v) is 6.62. The van der Waals surface area contributed by atoms with Crippen molar-refractivity contribution in [1.29, 1.82) is 0 Å². The van der Waals surface area contributed by atoms with Crippen LogP contribution in [-0.4, -0.2) is 16.4 Å². The van der Waals surface area contributed by atoms with Gasteiger partial charge in [-0.2, -0.15) is 13.9 Å². The molecule has 0 radical (unpaired) electrons. The van der Waals surface area contributed by atoms with Gasteiger partial charge >= 0.3 is 6.61 Å². The SMILES string of the molecule is Cn1nc(Cc2cccc(Cl)c2Cl)c(Cl)c1OC(F)F. The fourth-order valence-electron chi connectivity index (χ4n) is 1.73. The van der Waals surface area contributed by atoms with Gasteiger partial charge in [-0.25, -0.2) is 4.68 Å². The summed E-state index contributed by atoms with van der Waals surface area (Å²) in [6, 6.07) is 5.14. The molecule has 20 heavy (non-hydrogen) atoms. The number of rotatable bonds is 4. The highest BCUT2D eigenvalue weighted by molar-refractivity contribution is 6.42. The van der Waals surface area contributed by atoms with E-state index in [1.807, 2.05) is 0 Å². The Morgan fingerprint density at radius 2 is 1.95 bits per heavy atom. The lowest BCUT2D eigenvalue weighted by Gasteiger charge is -2.04. The molecule has 108 valence electrons. The number of alkyl halides is 2. The number of ether oxygens (including phenoxy) is 1. The fourth-order valence-corrected chi connectivity index (χ4v) is 2.38. The maximum Gasteiger partial charge on any atom is 0.388 e. The van der Waals surface area contributed by atoms with Crippen LogP contribution in [0.2, 0.25) is 15.1 Å². The zero-order chi connectivity index (χ0) is 14.9. The molecule has 0 aliphatic carbocycles. The van der Waals surface area contributed by atoms with Crippen molar-refractivity contribution in [2.75, 3.05) is 0 Å². The summed E-state index contributed by atoms with van der Waals surface area (Å²) in [7, 11) is 1.46. The molecule has 0 aliphatic heterocycles. The zero-order valence-corrected chi connectivity index (χ0v) is 12.5. The maximum atomic E-state index is 12.3. The Balaban J connectivity index is 2.33. The van der Waals surface area contributed by atoms with Gasteiger partial charge < -0.3 is 4.74 Å². The summed E-state index contributed by atoms with van der Waals surface area (Å²) >= 11 is 18.0. The predicted octanol–water partition coefficient (Wildman–Crippen LogP) is 4.57. The molecule has 1 aromatic carbocycles. The molecule has 1 heterocycles. The average Bonchev–Trinajstić information content (AvgIpc) is 2.62. The predicted molar refractivity (Wildman–Crippen MR) is 74.1 cm³/mol. The second-order valence-electron chi connectivity index (χ2n) is 3.96. The Labute approximate surface area is 129 Å². The Hall–Kier alpha value is -1.04. The fraction of sp³-hybridized carbons (Fsp3) is 0.250. The number of nitrogens with zero attached hydrogens (tertiary/aromatic N) is 2. The van der Waals surface area contributed by atoms with Gasteiger partial charge in [-0.1, -0.05) is 46.9 Å². The van der Waals surface area contributed by atoms with Crippen LogP contribution in [0.15, 0.2) is 18.2 Å². The van der Waals surface area contributed by atoms with Gasteiger partial charge in [-0.05, 0) is 11.6 Å². The zero-order valence-electron chi connectivity index (χ0n) is 10.2. The highest BCUT2D eigenvalue weighted by atomic mass is 35.5. The summed E-state index contributed by atoms with van der Waals surface area (Å²) in [5.41, 5.74) is 1.08. The highest BCUT2D eigenvalue weighted by Gasteiger charge is 2.20. The Morgan fingerprint density at radius 1 is 1.25 bits per heavy atom. The molecule has 0 atom stereocenters. The summed E-state index contributed by atoms with van der Waals surface area (Å²) in [5, 5.41) is 4.87. The van der Waals surface area contributed by atoms with Crippen molar-refractivity contribution in [3.05, 3.63) is 44.5 Å². The molecule has 2 rings (SSSR count). The molecule has 0 bridgehead atoms. The normalized spacial score (nSPS) is 11.2. The van der Waals surface area contributed by atoms with Gasteiger partial charge in [0.1, 0.15) is 5.02 Å². The Morgan fingerprint density at radius 3 is 2.60 bits per heavy atom. The quantitative estimate of drug-likeness (QED) is 0.814. The smallest absolute Gasteiger partial charge is 0.388 e. The topological polar surface area (TPSA) is 27.1 Å². The van der Waals surface area contributed by atoms with Crippen LogP contribution in [0.5, 0.6) is 5.88 Å². The van der Waals surface area contributed by atoms with Crippen LogP contribution in [0, 0.1) is 0 Å². The van der Waals surface area contributed by atoms with Crippen LogP contribution in [0.25, 0.3) is 0 Å². The van der Waals surface area contributed by atoms with E-state index < -0.39 is 6.61 Å². The first kappa shape index (κ1) is 15.4. The van der Waals surface area contributed by atoms with E-state index in [4.69, 9.17) is 34.8 Å². The molecule has 8 heteroatoms. The van der Waals surface area contributed by atoms with Crippen LogP contribution < -0.4 is 4.74 Å². The average molecular weight is 342 g/mol. The molecule has 2 aromatic rings. The van der Waals surface area contributed by atoms with Crippen LogP contribution in [0.1, 0.15) is 11.3 Å². The van der Waals surface area contributed by atoms with Gasteiger partial charge in [0, 0.05) is 13.5 Å². The van der Waals surface area contributed by atoms with Crippen molar-refractivity contribution < 1.29 is 13.5 Å². The Kier molecular flexibility index (Phi) is 4.73. The van der Waals surface area contributed by atoms with Gasteiger partial charge in [0.15, 0.2) is 0 Å². The molecule has 0 saturated carbocycles. The van der Waals surface area contributed by atoms with E-state index in [-0.39, 0.29) is 17.3 Å². The summed E-state index contributed by atoms with van der Waals surface area (Å²) in [6.07, 6.45) is 0.263. The number of aromatic nitrogens is 2. The third-order valence-electron chi connectivity index (χ3n) is 2.60. The van der Waals surface area contributed by atoms with E-state index in [2.05, 4.69) is 9.84 Å². The van der Waals surface area contributed by atoms with Crippen LogP contribution >= 0.6 is 34.8 Å². The lowest BCUT2D eigenvalue weighted by molar-refractivity contribution is -0.0552. The third kappa shape index (κ3) is 3.16. The minimum absolute atomic E-state index is 0.0313. The standard InChI is InChI=1S/C12H9Cl3F2N2O/c1-19-11(20-12(16)17)10(15)8(18-19)5-6-3-2-4-7(13)9(6)14/h2-4,12H,5H2,1H3. The largest absolute Gasteiger partial charge is 0.416 e. The van der Waals surface area contributed by atoms with E-state index in [0.717, 1.165) is 4.68 Å². The van der Waals surface area contributed by atoms with Crippen molar-refractivity contribution in [1.82, 2.24) is 9.78 Å². The molecule has 0 N–H and O–H groups in total. The van der Waals surface area contributed by atoms with Crippen LogP contribution in [-0.2, 0) is 13.5 Å². The molecule has 3 nitrogen and oxygen atoms in total. The molecule has 0 aliphatic rings. The van der Waals surface area contributed by atoms with Crippen molar-refractivity contribution in [3.8, 4) is 5.88 Å². The first-order chi connectivity index (χ1) is 9.40. The van der Waals surface area contributed by atoms with Gasteiger partial charge in [0.05, 0.1) is 15.7 Å². The third-order valence-corrected chi connectivity index (χ3v) is 3.83. The number of hydrogen-bond acceptors (Lipinski definition) is 2. The summed E-state index contributed by atoms with van der Waals surface area (Å²) in [6.45, 7) is -2.97. The van der Waals surface area contributed by atoms with E-state index in [1.54, 1.807) is 18.2 Å². The summed E-state index contributed by atoms with van der Waals surface area (Å²) in [4.78, 5) is 0. The molecule has 0 unspecified atom stereocenters. The summed E-state index contributed by atoms with van der Waals surface area (Å²) < 4.78 is 30.0. The van der Waals surface area contributed by atoms with Crippen LogP contribution in [0.3, 0.4) is 0 Å².